The fourth-order valence-corrected chi connectivity index (χ4v) is 4.03. The van der Waals surface area contributed by atoms with Crippen molar-refractivity contribution in [3.8, 4) is 0 Å². The molecule has 1 atom stereocenters. The number of hydrogen-bond acceptors (Lipinski definition) is 5. The molecular weight excluding hydrogens is 411 g/mol. The molecule has 0 radical (unpaired) electrons. The van der Waals surface area contributed by atoms with Crippen LogP contribution >= 0.6 is 0 Å². The number of hydrogen-bond donors (Lipinski definition) is 1. The second kappa shape index (κ2) is 9.89. The van der Waals surface area contributed by atoms with E-state index in [9.17, 15) is 19.1 Å². The van der Waals surface area contributed by atoms with Gasteiger partial charge in [-0.1, -0.05) is 48.5 Å². The highest BCUT2D eigenvalue weighted by Crippen LogP contribution is 2.38. The number of carbonyl (C=O) groups excluding carboxylic acids is 2. The van der Waals surface area contributed by atoms with Gasteiger partial charge in [-0.2, -0.15) is 0 Å². The van der Waals surface area contributed by atoms with Crippen LogP contribution in [0, 0.1) is 5.82 Å². The molecule has 2 aromatic rings. The van der Waals surface area contributed by atoms with Gasteiger partial charge in [-0.05, 0) is 29.3 Å². The molecule has 7 heteroatoms. The summed E-state index contributed by atoms with van der Waals surface area (Å²) >= 11 is 0. The van der Waals surface area contributed by atoms with Gasteiger partial charge in [0.2, 0.25) is 0 Å². The molecule has 0 spiro atoms. The summed E-state index contributed by atoms with van der Waals surface area (Å²) in [5.41, 5.74) is 1.41. The van der Waals surface area contributed by atoms with Crippen LogP contribution in [0.1, 0.15) is 17.2 Å². The van der Waals surface area contributed by atoms with Crippen LogP contribution in [0.4, 0.5) is 4.39 Å². The molecule has 1 unspecified atom stereocenters. The van der Waals surface area contributed by atoms with Crippen molar-refractivity contribution in [1.82, 2.24) is 9.80 Å². The standard InChI is InChI=1S/C25H25FN2O4/c26-20-9-7-19(8-10-20)23-22(21(29)11-6-18-4-2-1-3-5-18)24(30)25(31)28(23)13-12-27-14-16-32-17-15-27/h1-11,23,30H,12-17H2. The summed E-state index contributed by atoms with van der Waals surface area (Å²) in [7, 11) is 0. The lowest BCUT2D eigenvalue weighted by Crippen LogP contribution is -2.43. The molecule has 1 fully saturated rings. The maximum atomic E-state index is 13.5. The summed E-state index contributed by atoms with van der Waals surface area (Å²) in [6.07, 6.45) is 3.00. The number of benzene rings is 2. The van der Waals surface area contributed by atoms with Crippen LogP contribution in [0.2, 0.25) is 0 Å². The first-order chi connectivity index (χ1) is 15.5. The fourth-order valence-electron chi connectivity index (χ4n) is 4.03. The number of aliphatic hydroxyl groups is 1. The van der Waals surface area contributed by atoms with Gasteiger partial charge in [0.1, 0.15) is 5.82 Å². The largest absolute Gasteiger partial charge is 0.503 e. The number of halogens is 1. The minimum atomic E-state index is -0.780. The van der Waals surface area contributed by atoms with Crippen molar-refractivity contribution in [1.29, 1.82) is 0 Å². The number of nitrogens with zero attached hydrogens (tertiary/aromatic N) is 2. The van der Waals surface area contributed by atoms with Crippen LogP contribution in [0.25, 0.3) is 6.08 Å². The zero-order chi connectivity index (χ0) is 22.5. The average Bonchev–Trinajstić information content (AvgIpc) is 3.08. The molecular formula is C25H25FN2O4. The van der Waals surface area contributed by atoms with Gasteiger partial charge in [-0.25, -0.2) is 4.39 Å². The number of rotatable bonds is 7. The normalized spacial score (nSPS) is 19.8. The minimum Gasteiger partial charge on any atom is -0.503 e. The Hall–Kier alpha value is -3.29. The molecule has 0 aromatic heterocycles. The van der Waals surface area contributed by atoms with Gasteiger partial charge >= 0.3 is 0 Å². The molecule has 2 aliphatic heterocycles. The smallest absolute Gasteiger partial charge is 0.290 e. The van der Waals surface area contributed by atoms with Gasteiger partial charge in [0.25, 0.3) is 5.91 Å². The van der Waals surface area contributed by atoms with E-state index in [0.717, 1.165) is 18.7 Å². The first kappa shape index (κ1) is 21.9. The van der Waals surface area contributed by atoms with Gasteiger partial charge in [0.05, 0.1) is 24.8 Å². The van der Waals surface area contributed by atoms with Crippen molar-refractivity contribution in [2.75, 3.05) is 39.4 Å². The minimum absolute atomic E-state index is 0.00997. The maximum absolute atomic E-state index is 13.5. The molecule has 0 bridgehead atoms. The summed E-state index contributed by atoms with van der Waals surface area (Å²) < 4.78 is 18.9. The second-order valence-electron chi connectivity index (χ2n) is 7.78. The predicted molar refractivity (Wildman–Crippen MR) is 118 cm³/mol. The van der Waals surface area contributed by atoms with Crippen molar-refractivity contribution in [2.24, 2.45) is 0 Å². The van der Waals surface area contributed by atoms with E-state index in [1.807, 2.05) is 30.3 Å². The molecule has 32 heavy (non-hydrogen) atoms. The van der Waals surface area contributed by atoms with Crippen molar-refractivity contribution in [3.05, 3.63) is 88.9 Å². The summed E-state index contributed by atoms with van der Waals surface area (Å²) in [6, 6.07) is 14.2. The monoisotopic (exact) mass is 436 g/mol. The van der Waals surface area contributed by atoms with Crippen LogP contribution in [0.15, 0.2) is 72.0 Å². The second-order valence-corrected chi connectivity index (χ2v) is 7.78. The maximum Gasteiger partial charge on any atom is 0.290 e. The highest BCUT2D eigenvalue weighted by atomic mass is 19.1. The number of aliphatic hydroxyl groups excluding tert-OH is 1. The van der Waals surface area contributed by atoms with Gasteiger partial charge in [-0.15, -0.1) is 0 Å². The molecule has 0 aliphatic carbocycles. The molecule has 2 heterocycles. The first-order valence-electron chi connectivity index (χ1n) is 10.6. The van der Waals surface area contributed by atoms with Crippen LogP contribution in [0.5, 0.6) is 0 Å². The third kappa shape index (κ3) is 4.79. The summed E-state index contributed by atoms with van der Waals surface area (Å²) in [5, 5.41) is 10.6. The van der Waals surface area contributed by atoms with Gasteiger partial charge in [0.15, 0.2) is 11.5 Å². The highest BCUT2D eigenvalue weighted by molar-refractivity contribution is 6.14. The lowest BCUT2D eigenvalue weighted by atomic mass is 9.95. The van der Waals surface area contributed by atoms with E-state index in [1.165, 1.54) is 23.1 Å². The molecule has 1 N–H and O–H groups in total. The number of allylic oxidation sites excluding steroid dienone is 1. The van der Waals surface area contributed by atoms with Gasteiger partial charge < -0.3 is 14.7 Å². The van der Waals surface area contributed by atoms with Crippen molar-refractivity contribution >= 4 is 17.8 Å². The van der Waals surface area contributed by atoms with Crippen molar-refractivity contribution < 1.29 is 23.8 Å². The molecule has 166 valence electrons. The first-order valence-corrected chi connectivity index (χ1v) is 10.6. The molecule has 1 amide bonds. The van der Waals surface area contributed by atoms with E-state index < -0.39 is 29.3 Å². The summed E-state index contributed by atoms with van der Waals surface area (Å²) in [5.74, 6) is -2.01. The number of carbonyl (C=O) groups is 2. The zero-order valence-electron chi connectivity index (χ0n) is 17.6. The van der Waals surface area contributed by atoms with Crippen molar-refractivity contribution in [2.45, 2.75) is 6.04 Å². The Morgan fingerprint density at radius 1 is 1.06 bits per heavy atom. The third-order valence-corrected chi connectivity index (χ3v) is 5.74. The molecule has 1 saturated heterocycles. The topological polar surface area (TPSA) is 70.1 Å². The third-order valence-electron chi connectivity index (χ3n) is 5.74. The molecule has 4 rings (SSSR count). The SMILES string of the molecule is O=C(C=Cc1ccccc1)C1=C(O)C(=O)N(CCN2CCOCC2)C1c1ccc(F)cc1. The van der Waals surface area contributed by atoms with E-state index in [0.29, 0.717) is 31.9 Å². The van der Waals surface area contributed by atoms with Gasteiger partial charge in [-0.3, -0.25) is 14.5 Å². The van der Waals surface area contributed by atoms with Crippen molar-refractivity contribution in [3.63, 3.8) is 0 Å². The molecule has 0 saturated carbocycles. The number of ether oxygens (including phenoxy) is 1. The lowest BCUT2D eigenvalue weighted by molar-refractivity contribution is -0.129. The Labute approximate surface area is 186 Å². The lowest BCUT2D eigenvalue weighted by Gasteiger charge is -2.31. The quantitative estimate of drug-likeness (QED) is 0.676. The molecule has 2 aromatic carbocycles. The number of ketones is 1. The summed E-state index contributed by atoms with van der Waals surface area (Å²) in [4.78, 5) is 29.7. The Morgan fingerprint density at radius 2 is 1.75 bits per heavy atom. The number of amides is 1. The zero-order valence-corrected chi connectivity index (χ0v) is 17.6. The fraction of sp³-hybridized carbons (Fsp3) is 0.280. The van der Waals surface area contributed by atoms with E-state index in [-0.39, 0.29) is 5.57 Å². The number of morpholine rings is 1. The van der Waals surface area contributed by atoms with Gasteiger partial charge in [0, 0.05) is 26.2 Å². The predicted octanol–water partition coefficient (Wildman–Crippen LogP) is 3.14. The Morgan fingerprint density at radius 3 is 2.44 bits per heavy atom. The average molecular weight is 436 g/mol. The summed E-state index contributed by atoms with van der Waals surface area (Å²) in [6.45, 7) is 3.69. The van der Waals surface area contributed by atoms with E-state index in [4.69, 9.17) is 4.74 Å². The molecule has 2 aliphatic rings. The Bertz CT molecular complexity index is 1030. The Kier molecular flexibility index (Phi) is 6.78. The van der Waals surface area contributed by atoms with Crippen LogP contribution < -0.4 is 0 Å². The van der Waals surface area contributed by atoms with E-state index in [1.54, 1.807) is 18.2 Å². The van der Waals surface area contributed by atoms with E-state index in [2.05, 4.69) is 4.90 Å². The van der Waals surface area contributed by atoms with Crippen LogP contribution in [-0.2, 0) is 14.3 Å². The van der Waals surface area contributed by atoms with Crippen LogP contribution in [-0.4, -0.2) is 66.0 Å². The highest BCUT2D eigenvalue weighted by Gasteiger charge is 2.42. The Balaban J connectivity index is 1.61. The molecule has 6 nitrogen and oxygen atoms in total. The van der Waals surface area contributed by atoms with E-state index >= 15 is 0 Å². The van der Waals surface area contributed by atoms with Crippen LogP contribution in [0.3, 0.4) is 0 Å².